The van der Waals surface area contributed by atoms with Gasteiger partial charge in [-0.25, -0.2) is 4.98 Å². The molecular formula is C19H21ClN4O2. The molecule has 7 heteroatoms. The van der Waals surface area contributed by atoms with E-state index in [4.69, 9.17) is 22.1 Å². The van der Waals surface area contributed by atoms with Crippen LogP contribution in [0.5, 0.6) is 5.75 Å². The third-order valence-corrected chi connectivity index (χ3v) is 4.63. The molecule has 0 unspecified atom stereocenters. The molecule has 0 spiro atoms. The second-order valence-electron chi connectivity index (χ2n) is 6.01. The molecule has 1 heterocycles. The summed E-state index contributed by atoms with van der Waals surface area (Å²) < 4.78 is 7.30. The number of methoxy groups -OCH3 is 1. The number of anilines is 1. The van der Waals surface area contributed by atoms with E-state index >= 15 is 0 Å². The Balaban J connectivity index is 1.60. The maximum Gasteiger partial charge on any atom is 0.255 e. The predicted molar refractivity (Wildman–Crippen MR) is 104 cm³/mol. The lowest BCUT2D eigenvalue weighted by Crippen LogP contribution is -2.25. The minimum atomic E-state index is -0.242. The number of nitrogens with one attached hydrogen (secondary N) is 1. The maximum atomic E-state index is 12.4. The molecule has 3 rings (SSSR count). The van der Waals surface area contributed by atoms with Gasteiger partial charge in [0.25, 0.3) is 5.91 Å². The Bertz CT molecular complexity index is 952. The number of para-hydroxylation sites is 2. The van der Waals surface area contributed by atoms with Gasteiger partial charge in [0.2, 0.25) is 0 Å². The number of nitrogens with zero attached hydrogens (tertiary/aromatic N) is 2. The first-order chi connectivity index (χ1) is 12.5. The van der Waals surface area contributed by atoms with Gasteiger partial charge in [0.05, 0.1) is 34.4 Å². The molecule has 136 valence electrons. The van der Waals surface area contributed by atoms with Gasteiger partial charge in [-0.1, -0.05) is 23.7 Å². The Labute approximate surface area is 156 Å². The van der Waals surface area contributed by atoms with Crippen molar-refractivity contribution in [3.8, 4) is 5.75 Å². The molecule has 1 amide bonds. The van der Waals surface area contributed by atoms with Gasteiger partial charge in [0, 0.05) is 26.1 Å². The molecule has 0 radical (unpaired) electrons. The first kappa shape index (κ1) is 18.1. The summed E-state index contributed by atoms with van der Waals surface area (Å²) in [4.78, 5) is 17.0. The van der Waals surface area contributed by atoms with Crippen molar-refractivity contribution in [3.63, 3.8) is 0 Å². The summed E-state index contributed by atoms with van der Waals surface area (Å²) in [5.41, 5.74) is 8.58. The van der Waals surface area contributed by atoms with Gasteiger partial charge in [0.1, 0.15) is 11.6 Å². The Hall–Kier alpha value is -2.73. The normalized spacial score (nSPS) is 10.9. The van der Waals surface area contributed by atoms with E-state index in [9.17, 15) is 4.79 Å². The van der Waals surface area contributed by atoms with Crippen molar-refractivity contribution >= 4 is 34.2 Å². The number of aryl methyl sites for hydroxylation is 2. The summed E-state index contributed by atoms with van der Waals surface area (Å²) in [6.07, 6.45) is 1.54. The van der Waals surface area contributed by atoms with Crippen LogP contribution in [0.15, 0.2) is 36.4 Å². The van der Waals surface area contributed by atoms with Crippen molar-refractivity contribution in [1.82, 2.24) is 14.9 Å². The minimum Gasteiger partial charge on any atom is -0.496 e. The molecular weight excluding hydrogens is 352 g/mol. The molecule has 0 fully saturated rings. The minimum absolute atomic E-state index is 0.242. The summed E-state index contributed by atoms with van der Waals surface area (Å²) in [6.45, 7) is 0.521. The van der Waals surface area contributed by atoms with E-state index in [1.807, 2.05) is 31.3 Å². The third kappa shape index (κ3) is 3.60. The van der Waals surface area contributed by atoms with E-state index in [0.29, 0.717) is 28.6 Å². The number of imidazole rings is 1. The van der Waals surface area contributed by atoms with Crippen molar-refractivity contribution in [2.45, 2.75) is 12.8 Å². The number of nitrogens with two attached hydrogens (primary N) is 1. The number of benzene rings is 2. The molecule has 0 aliphatic heterocycles. The Morgan fingerprint density at radius 3 is 2.85 bits per heavy atom. The van der Waals surface area contributed by atoms with Crippen LogP contribution in [-0.4, -0.2) is 29.1 Å². The molecule has 26 heavy (non-hydrogen) atoms. The van der Waals surface area contributed by atoms with Gasteiger partial charge < -0.3 is 20.4 Å². The molecule has 0 atom stereocenters. The number of carbonyl (C=O) groups excluding carboxylic acids is 1. The summed E-state index contributed by atoms with van der Waals surface area (Å²) >= 11 is 6.01. The number of hydrogen-bond acceptors (Lipinski definition) is 4. The number of nitrogen functional groups attached to an aromatic ring is 1. The van der Waals surface area contributed by atoms with Gasteiger partial charge in [-0.2, -0.15) is 0 Å². The SMILES string of the molecule is COc1cc(N)c(Cl)cc1C(=O)NCCCc1nc2ccccc2n1C. The van der Waals surface area contributed by atoms with Gasteiger partial charge in [0.15, 0.2) is 0 Å². The van der Waals surface area contributed by atoms with Crippen LogP contribution in [0.1, 0.15) is 22.6 Å². The molecule has 1 aromatic heterocycles. The topological polar surface area (TPSA) is 82.2 Å². The number of ether oxygens (including phenoxy) is 1. The summed E-state index contributed by atoms with van der Waals surface area (Å²) in [6, 6.07) is 11.1. The first-order valence-corrected chi connectivity index (χ1v) is 8.70. The van der Waals surface area contributed by atoms with Gasteiger partial charge in [-0.05, 0) is 24.6 Å². The van der Waals surface area contributed by atoms with Gasteiger partial charge in [-0.15, -0.1) is 0 Å². The van der Waals surface area contributed by atoms with E-state index in [1.165, 1.54) is 13.2 Å². The summed E-state index contributed by atoms with van der Waals surface area (Å²) in [5, 5.41) is 3.22. The Kier molecular flexibility index (Phi) is 5.32. The fourth-order valence-corrected chi connectivity index (χ4v) is 3.04. The van der Waals surface area contributed by atoms with Crippen LogP contribution in [0.4, 0.5) is 5.69 Å². The molecule has 0 saturated carbocycles. The van der Waals surface area contributed by atoms with E-state index < -0.39 is 0 Å². The molecule has 3 aromatic rings. The highest BCUT2D eigenvalue weighted by Gasteiger charge is 2.15. The average Bonchev–Trinajstić information content (AvgIpc) is 2.96. The number of fused-ring (bicyclic) bond motifs is 1. The second kappa shape index (κ2) is 7.66. The van der Waals surface area contributed by atoms with Crippen LogP contribution in [0.2, 0.25) is 5.02 Å². The van der Waals surface area contributed by atoms with E-state index in [2.05, 4.69) is 14.9 Å². The Morgan fingerprint density at radius 2 is 2.12 bits per heavy atom. The summed E-state index contributed by atoms with van der Waals surface area (Å²) in [7, 11) is 3.50. The van der Waals surface area contributed by atoms with E-state index in [1.54, 1.807) is 6.07 Å². The zero-order valence-electron chi connectivity index (χ0n) is 14.8. The number of amides is 1. The highest BCUT2D eigenvalue weighted by atomic mass is 35.5. The lowest BCUT2D eigenvalue weighted by Gasteiger charge is -2.11. The third-order valence-electron chi connectivity index (χ3n) is 4.31. The lowest BCUT2D eigenvalue weighted by molar-refractivity contribution is 0.0950. The number of hydrogen-bond donors (Lipinski definition) is 2. The standard InChI is InChI=1S/C19H21ClN4O2/c1-24-16-7-4-3-6-15(16)23-18(24)8-5-9-22-19(25)12-10-13(20)14(21)11-17(12)26-2/h3-4,6-7,10-11H,5,8-9,21H2,1-2H3,(H,22,25). The number of aromatic nitrogens is 2. The van der Waals surface area contributed by atoms with Crippen molar-refractivity contribution in [2.24, 2.45) is 7.05 Å². The second-order valence-corrected chi connectivity index (χ2v) is 6.42. The highest BCUT2D eigenvalue weighted by Crippen LogP contribution is 2.28. The molecule has 0 aliphatic rings. The monoisotopic (exact) mass is 372 g/mol. The molecule has 2 aromatic carbocycles. The van der Waals surface area contributed by atoms with Crippen LogP contribution in [0, 0.1) is 0 Å². The smallest absolute Gasteiger partial charge is 0.255 e. The number of rotatable bonds is 6. The molecule has 0 bridgehead atoms. The van der Waals surface area contributed by atoms with E-state index in [-0.39, 0.29) is 5.91 Å². The van der Waals surface area contributed by atoms with Crippen molar-refractivity contribution in [1.29, 1.82) is 0 Å². The fourth-order valence-electron chi connectivity index (χ4n) is 2.88. The molecule has 3 N–H and O–H groups in total. The van der Waals surface area contributed by atoms with Crippen molar-refractivity contribution < 1.29 is 9.53 Å². The average molecular weight is 373 g/mol. The molecule has 0 aliphatic carbocycles. The predicted octanol–water partition coefficient (Wildman–Crippen LogP) is 3.18. The van der Waals surface area contributed by atoms with Crippen LogP contribution < -0.4 is 15.8 Å². The van der Waals surface area contributed by atoms with Crippen LogP contribution >= 0.6 is 11.6 Å². The quantitative estimate of drug-likeness (QED) is 0.514. The van der Waals surface area contributed by atoms with Crippen molar-refractivity contribution in [3.05, 3.63) is 52.8 Å². The first-order valence-electron chi connectivity index (χ1n) is 8.32. The fraction of sp³-hybridized carbons (Fsp3) is 0.263. The largest absolute Gasteiger partial charge is 0.496 e. The van der Waals surface area contributed by atoms with Crippen molar-refractivity contribution in [2.75, 3.05) is 19.4 Å². The molecule has 6 nitrogen and oxygen atoms in total. The maximum absolute atomic E-state index is 12.4. The highest BCUT2D eigenvalue weighted by molar-refractivity contribution is 6.33. The van der Waals surface area contributed by atoms with E-state index in [0.717, 1.165) is 29.7 Å². The number of halogens is 1. The zero-order valence-corrected chi connectivity index (χ0v) is 15.5. The lowest BCUT2D eigenvalue weighted by atomic mass is 10.1. The van der Waals surface area contributed by atoms with Gasteiger partial charge in [-0.3, -0.25) is 4.79 Å². The van der Waals surface area contributed by atoms with Crippen LogP contribution in [-0.2, 0) is 13.5 Å². The zero-order chi connectivity index (χ0) is 18.7. The summed E-state index contributed by atoms with van der Waals surface area (Å²) in [5.74, 6) is 1.15. The van der Waals surface area contributed by atoms with Crippen LogP contribution in [0.25, 0.3) is 11.0 Å². The molecule has 0 saturated heterocycles. The number of carbonyl (C=O) groups is 1. The van der Waals surface area contributed by atoms with Gasteiger partial charge >= 0.3 is 0 Å². The Morgan fingerprint density at radius 1 is 1.35 bits per heavy atom. The van der Waals surface area contributed by atoms with Crippen LogP contribution in [0.3, 0.4) is 0 Å².